The minimum Gasteiger partial charge on any atom is -0.432 e. The molecule has 3 heteroatoms. The Kier molecular flexibility index (Phi) is 5.41. The Labute approximate surface area is 87.4 Å². The number of carbonyl (C=O) groups excluding carboxylic acids is 1. The monoisotopic (exact) mass is 172 g/mol. The molecule has 0 saturated heterocycles. The summed E-state index contributed by atoms with van der Waals surface area (Å²) in [4.78, 5) is 11.0. The van der Waals surface area contributed by atoms with Crippen molar-refractivity contribution in [3.8, 4) is 0 Å². The van der Waals surface area contributed by atoms with Gasteiger partial charge in [0.25, 0.3) is 0 Å². The molecule has 0 N–H and O–H groups in total. The number of hydrogen-bond acceptors (Lipinski definition) is 2. The Bertz CT molecular complexity index is 256. The molecule has 0 unspecified atom stereocenters. The molecule has 0 atom stereocenters. The molecule has 1 aromatic carbocycles. The number of hydrogen-bond donors (Lipinski definition) is 0. The van der Waals surface area contributed by atoms with E-state index in [4.69, 9.17) is 0 Å². The fraction of sp³-hybridized carbons (Fsp3) is 0. The first kappa shape index (κ1) is 11.2. The number of esters is 1. The van der Waals surface area contributed by atoms with Crippen LogP contribution in [0.15, 0.2) is 43.2 Å². The summed E-state index contributed by atoms with van der Waals surface area (Å²) in [7, 11) is 0. The van der Waals surface area contributed by atoms with Crippen LogP contribution in [-0.4, -0.2) is 29.0 Å². The van der Waals surface area contributed by atoms with Crippen molar-refractivity contribution in [3.05, 3.63) is 48.7 Å². The van der Waals surface area contributed by atoms with E-state index in [1.807, 2.05) is 6.07 Å². The molecule has 0 saturated carbocycles. The van der Waals surface area contributed by atoms with Crippen LogP contribution in [0, 0.1) is 0 Å². The maximum atomic E-state index is 11.0. The molecule has 0 aliphatic rings. The van der Waals surface area contributed by atoms with Gasteiger partial charge in [-0.3, -0.25) is 0 Å². The molecule has 56 valence electrons. The van der Waals surface area contributed by atoms with E-state index in [9.17, 15) is 4.79 Å². The Morgan fingerprint density at radius 2 is 1.92 bits per heavy atom. The number of benzene rings is 1. The summed E-state index contributed by atoms with van der Waals surface area (Å²) in [5.41, 5.74) is 0.535. The Hall–Kier alpha value is -0.804. The van der Waals surface area contributed by atoms with Crippen molar-refractivity contribution < 1.29 is 9.53 Å². The van der Waals surface area contributed by atoms with Crippen LogP contribution in [0.25, 0.3) is 0 Å². The largest absolute Gasteiger partial charge is 2.00 e. The molecule has 0 heterocycles. The second kappa shape index (κ2) is 5.80. The average Bonchev–Trinajstić information content (AvgIpc) is 2.07. The third-order valence-corrected chi connectivity index (χ3v) is 1.20. The summed E-state index contributed by atoms with van der Waals surface area (Å²) in [6.45, 7) is 3.28. The number of ether oxygens (including phenoxy) is 1. The fourth-order valence-corrected chi connectivity index (χ4v) is 0.718. The molecule has 0 fully saturated rings. The van der Waals surface area contributed by atoms with Crippen LogP contribution in [0.4, 0.5) is 0 Å². The van der Waals surface area contributed by atoms with Crippen LogP contribution < -0.4 is 0 Å². The van der Waals surface area contributed by atoms with Gasteiger partial charge in [0.2, 0.25) is 0 Å². The van der Waals surface area contributed by atoms with Gasteiger partial charge in [-0.1, -0.05) is 24.8 Å². The number of rotatable bonds is 2. The Morgan fingerprint density at radius 3 is 2.42 bits per heavy atom. The van der Waals surface area contributed by atoms with Gasteiger partial charge < -0.3 is 4.74 Å². The van der Waals surface area contributed by atoms with Crippen molar-refractivity contribution in [1.29, 1.82) is 0 Å². The zero-order chi connectivity index (χ0) is 8.10. The molecule has 0 aliphatic heterocycles. The fourth-order valence-electron chi connectivity index (χ4n) is 0.718. The van der Waals surface area contributed by atoms with Crippen LogP contribution >= 0.6 is 0 Å². The van der Waals surface area contributed by atoms with E-state index in [-0.39, 0.29) is 29.0 Å². The molecule has 1 rings (SSSR count). The third-order valence-electron chi connectivity index (χ3n) is 1.20. The SMILES string of the molecule is C=COC(=O)c1ccccc1.[Mg+2]. The molecule has 1 aromatic rings. The first-order chi connectivity index (χ1) is 5.34. The van der Waals surface area contributed by atoms with Crippen molar-refractivity contribution in [2.24, 2.45) is 0 Å². The first-order valence-electron chi connectivity index (χ1n) is 3.21. The molecule has 0 bridgehead atoms. The van der Waals surface area contributed by atoms with Gasteiger partial charge in [0.15, 0.2) is 0 Å². The summed E-state index contributed by atoms with van der Waals surface area (Å²) >= 11 is 0. The van der Waals surface area contributed by atoms with E-state index in [0.29, 0.717) is 5.56 Å². The van der Waals surface area contributed by atoms with Gasteiger partial charge in [-0.15, -0.1) is 0 Å². The summed E-state index contributed by atoms with van der Waals surface area (Å²) < 4.78 is 4.55. The summed E-state index contributed by atoms with van der Waals surface area (Å²) in [5, 5.41) is 0. The van der Waals surface area contributed by atoms with Gasteiger partial charge in [-0.05, 0) is 12.1 Å². The van der Waals surface area contributed by atoms with Gasteiger partial charge in [0.1, 0.15) is 0 Å². The van der Waals surface area contributed by atoms with Gasteiger partial charge in [-0.2, -0.15) is 0 Å². The maximum Gasteiger partial charge on any atom is 2.00 e. The van der Waals surface area contributed by atoms with Crippen molar-refractivity contribution in [1.82, 2.24) is 0 Å². The Morgan fingerprint density at radius 1 is 1.33 bits per heavy atom. The molecule has 0 aromatic heterocycles. The molecular weight excluding hydrogens is 164 g/mol. The summed E-state index contributed by atoms with van der Waals surface area (Å²) in [6.07, 6.45) is 1.12. The first-order valence-corrected chi connectivity index (χ1v) is 3.21. The molecule has 0 spiro atoms. The van der Waals surface area contributed by atoms with Crippen LogP contribution in [0.5, 0.6) is 0 Å². The van der Waals surface area contributed by atoms with Crippen molar-refractivity contribution >= 4 is 29.0 Å². The Balaban J connectivity index is 0.00000121. The van der Waals surface area contributed by atoms with Crippen LogP contribution in [-0.2, 0) is 4.74 Å². The van der Waals surface area contributed by atoms with Gasteiger partial charge in [0, 0.05) is 0 Å². The van der Waals surface area contributed by atoms with Gasteiger partial charge in [0.05, 0.1) is 11.8 Å². The topological polar surface area (TPSA) is 26.3 Å². The molecule has 2 nitrogen and oxygen atoms in total. The van der Waals surface area contributed by atoms with Crippen LogP contribution in [0.3, 0.4) is 0 Å². The van der Waals surface area contributed by atoms with Gasteiger partial charge >= 0.3 is 29.0 Å². The minimum atomic E-state index is -0.374. The van der Waals surface area contributed by atoms with E-state index in [1.54, 1.807) is 24.3 Å². The van der Waals surface area contributed by atoms with Crippen molar-refractivity contribution in [2.75, 3.05) is 0 Å². The minimum absolute atomic E-state index is 0. The predicted molar refractivity (Wildman–Crippen MR) is 47.8 cm³/mol. The second-order valence-corrected chi connectivity index (χ2v) is 1.94. The third kappa shape index (κ3) is 3.07. The predicted octanol–water partition coefficient (Wildman–Crippen LogP) is 1.61. The molecule has 0 radical (unpaired) electrons. The van der Waals surface area contributed by atoms with Gasteiger partial charge in [-0.25, -0.2) is 4.79 Å². The van der Waals surface area contributed by atoms with Crippen LogP contribution in [0.2, 0.25) is 0 Å². The number of carbonyl (C=O) groups is 1. The normalized spacial score (nSPS) is 8.00. The maximum absolute atomic E-state index is 11.0. The van der Waals surface area contributed by atoms with E-state index in [1.165, 1.54) is 0 Å². The molecule has 0 aliphatic carbocycles. The quantitative estimate of drug-likeness (QED) is 0.385. The summed E-state index contributed by atoms with van der Waals surface area (Å²) in [6, 6.07) is 8.77. The smallest absolute Gasteiger partial charge is 0.432 e. The van der Waals surface area contributed by atoms with E-state index < -0.39 is 0 Å². The molecule has 0 amide bonds. The van der Waals surface area contributed by atoms with E-state index in [0.717, 1.165) is 6.26 Å². The van der Waals surface area contributed by atoms with E-state index in [2.05, 4.69) is 11.3 Å². The van der Waals surface area contributed by atoms with Crippen LogP contribution in [0.1, 0.15) is 10.4 Å². The molecular formula is C9H8MgO2+2. The van der Waals surface area contributed by atoms with Crippen molar-refractivity contribution in [2.45, 2.75) is 0 Å². The molecule has 12 heavy (non-hydrogen) atoms. The van der Waals surface area contributed by atoms with E-state index >= 15 is 0 Å². The van der Waals surface area contributed by atoms with Crippen molar-refractivity contribution in [3.63, 3.8) is 0 Å². The second-order valence-electron chi connectivity index (χ2n) is 1.94. The summed E-state index contributed by atoms with van der Waals surface area (Å²) in [5.74, 6) is -0.374. The average molecular weight is 172 g/mol. The zero-order valence-corrected chi connectivity index (χ0v) is 8.11. The zero-order valence-electron chi connectivity index (χ0n) is 6.69. The standard InChI is InChI=1S/C9H8O2.Mg/c1-2-11-9(10)8-6-4-3-5-7-8;/h2-7H,1H2;/q;+2.